The number of rotatable bonds is 7. The molecule has 1 amide bonds. The second-order valence-corrected chi connectivity index (χ2v) is 12.0. The maximum Gasteiger partial charge on any atom is 0.263 e. The third-order valence-electron chi connectivity index (χ3n) is 5.57. The summed E-state index contributed by atoms with van der Waals surface area (Å²) < 4.78 is 57.2. The van der Waals surface area contributed by atoms with E-state index >= 15 is 0 Å². The number of anilines is 1. The van der Waals surface area contributed by atoms with Crippen LogP contribution in [0.25, 0.3) is 0 Å². The molecule has 2 aromatic rings. The monoisotopic (exact) mass is 495 g/mol. The molecule has 0 aliphatic carbocycles. The van der Waals surface area contributed by atoms with E-state index in [4.69, 9.17) is 4.74 Å². The minimum atomic E-state index is -3.60. The third-order valence-corrected chi connectivity index (χ3v) is 8.69. The second-order valence-electron chi connectivity index (χ2n) is 8.03. The van der Waals surface area contributed by atoms with Crippen LogP contribution in [-0.4, -0.2) is 77.5 Å². The van der Waals surface area contributed by atoms with E-state index in [1.54, 1.807) is 60.4 Å². The summed E-state index contributed by atoms with van der Waals surface area (Å²) in [4.78, 5) is 14.7. The van der Waals surface area contributed by atoms with Gasteiger partial charge in [0.1, 0.15) is 5.75 Å². The van der Waals surface area contributed by atoms with E-state index in [0.717, 1.165) is 16.1 Å². The molecule has 1 atom stereocenters. The van der Waals surface area contributed by atoms with Gasteiger partial charge in [-0.2, -0.15) is 4.31 Å². The van der Waals surface area contributed by atoms with Gasteiger partial charge in [-0.3, -0.25) is 9.10 Å². The largest absolute Gasteiger partial charge is 0.481 e. The lowest BCUT2D eigenvalue weighted by molar-refractivity contribution is -0.139. The number of hydrogen-bond acceptors (Lipinski definition) is 6. The molecule has 1 saturated heterocycles. The Balaban J connectivity index is 1.57. The molecule has 1 fully saturated rings. The van der Waals surface area contributed by atoms with Gasteiger partial charge in [0.15, 0.2) is 6.10 Å². The summed E-state index contributed by atoms with van der Waals surface area (Å²) in [5, 5.41) is 0. The number of nitrogens with zero attached hydrogens (tertiary/aromatic N) is 3. The first-order chi connectivity index (χ1) is 15.4. The highest BCUT2D eigenvalue weighted by Crippen LogP contribution is 2.22. The van der Waals surface area contributed by atoms with Crippen molar-refractivity contribution in [3.05, 3.63) is 54.1 Å². The summed E-state index contributed by atoms with van der Waals surface area (Å²) in [6, 6.07) is 13.1. The molecule has 1 aliphatic rings. The Morgan fingerprint density at radius 1 is 0.939 bits per heavy atom. The Bertz CT molecular complexity index is 1190. The summed E-state index contributed by atoms with van der Waals surface area (Å²) in [7, 11) is -5.52. The first-order valence-corrected chi connectivity index (χ1v) is 13.7. The van der Waals surface area contributed by atoms with Crippen LogP contribution in [0.3, 0.4) is 0 Å². The van der Waals surface area contributed by atoms with Gasteiger partial charge in [0.05, 0.1) is 16.8 Å². The highest BCUT2D eigenvalue weighted by atomic mass is 32.2. The van der Waals surface area contributed by atoms with Gasteiger partial charge in [0.25, 0.3) is 5.91 Å². The van der Waals surface area contributed by atoms with Gasteiger partial charge in [0, 0.05) is 33.2 Å². The van der Waals surface area contributed by atoms with Crippen molar-refractivity contribution in [2.75, 3.05) is 43.8 Å². The van der Waals surface area contributed by atoms with Gasteiger partial charge < -0.3 is 9.64 Å². The second kappa shape index (κ2) is 9.70. The number of piperazine rings is 1. The maximum absolute atomic E-state index is 12.8. The highest BCUT2D eigenvalue weighted by molar-refractivity contribution is 7.92. The first-order valence-electron chi connectivity index (χ1n) is 10.5. The molecule has 9 nitrogen and oxygen atoms in total. The van der Waals surface area contributed by atoms with Gasteiger partial charge in [-0.05, 0) is 50.2 Å². The van der Waals surface area contributed by atoms with E-state index in [0.29, 0.717) is 11.4 Å². The van der Waals surface area contributed by atoms with E-state index in [1.165, 1.54) is 11.4 Å². The van der Waals surface area contributed by atoms with Crippen molar-refractivity contribution >= 4 is 31.6 Å². The first kappa shape index (κ1) is 25.0. The van der Waals surface area contributed by atoms with E-state index in [1.807, 2.05) is 6.92 Å². The van der Waals surface area contributed by atoms with Crippen molar-refractivity contribution in [1.29, 1.82) is 0 Å². The van der Waals surface area contributed by atoms with Crippen molar-refractivity contribution < 1.29 is 26.4 Å². The molecule has 1 aliphatic heterocycles. The van der Waals surface area contributed by atoms with Crippen molar-refractivity contribution in [3.63, 3.8) is 0 Å². The Kier molecular flexibility index (Phi) is 7.35. The molecule has 1 heterocycles. The zero-order chi connectivity index (χ0) is 24.4. The highest BCUT2D eigenvalue weighted by Gasteiger charge is 2.32. The van der Waals surface area contributed by atoms with Crippen LogP contribution in [0.5, 0.6) is 5.75 Å². The molecule has 0 radical (unpaired) electrons. The minimum Gasteiger partial charge on any atom is -0.481 e. The average molecular weight is 496 g/mol. The summed E-state index contributed by atoms with van der Waals surface area (Å²) in [6.07, 6.45) is 0.341. The van der Waals surface area contributed by atoms with Crippen LogP contribution in [0, 0.1) is 6.92 Å². The summed E-state index contributed by atoms with van der Waals surface area (Å²) in [6.45, 7) is 4.49. The van der Waals surface area contributed by atoms with Crippen LogP contribution in [0.4, 0.5) is 5.69 Å². The fourth-order valence-electron chi connectivity index (χ4n) is 3.45. The van der Waals surface area contributed by atoms with E-state index in [9.17, 15) is 21.6 Å². The van der Waals surface area contributed by atoms with Crippen molar-refractivity contribution in [1.82, 2.24) is 9.21 Å². The summed E-state index contributed by atoms with van der Waals surface area (Å²) >= 11 is 0. The van der Waals surface area contributed by atoms with Gasteiger partial charge in [0.2, 0.25) is 20.0 Å². The molecule has 180 valence electrons. The SMILES string of the molecule is Cc1ccc(S(=O)(=O)N2CCN(C(=O)[C@H](C)Oc3ccc(N(C)S(C)(=O)=O)cc3)CC2)cc1. The van der Waals surface area contributed by atoms with Gasteiger partial charge >= 0.3 is 0 Å². The predicted molar refractivity (Wildman–Crippen MR) is 126 cm³/mol. The van der Waals surface area contributed by atoms with Gasteiger partial charge in [-0.15, -0.1) is 0 Å². The molecule has 0 spiro atoms. The molecule has 2 aromatic carbocycles. The lowest BCUT2D eigenvalue weighted by Crippen LogP contribution is -2.53. The van der Waals surface area contributed by atoms with E-state index in [-0.39, 0.29) is 37.0 Å². The van der Waals surface area contributed by atoms with Crippen LogP contribution in [0.15, 0.2) is 53.4 Å². The Labute approximate surface area is 195 Å². The predicted octanol–water partition coefficient (Wildman–Crippen LogP) is 1.69. The van der Waals surface area contributed by atoms with Crippen LogP contribution in [0.2, 0.25) is 0 Å². The van der Waals surface area contributed by atoms with E-state index < -0.39 is 26.2 Å². The quantitative estimate of drug-likeness (QED) is 0.579. The smallest absolute Gasteiger partial charge is 0.263 e. The normalized spacial score (nSPS) is 16.3. The average Bonchev–Trinajstić information content (AvgIpc) is 2.78. The maximum atomic E-state index is 12.8. The number of aryl methyl sites for hydroxylation is 1. The number of carbonyl (C=O) groups is 1. The standard InChI is InChI=1S/C22H29N3O6S2/c1-17-5-11-21(12-6-17)33(29,30)25-15-13-24(14-16-25)22(26)18(2)31-20-9-7-19(8-10-20)23(3)32(4,27)28/h5-12,18H,13-16H2,1-4H3/t18-/m0/s1. The van der Waals surface area contributed by atoms with Crippen LogP contribution < -0.4 is 9.04 Å². The Hall–Kier alpha value is -2.63. The molecule has 0 bridgehead atoms. The summed E-state index contributed by atoms with van der Waals surface area (Å²) in [5.41, 5.74) is 1.46. The van der Waals surface area contributed by atoms with Gasteiger partial charge in [-0.25, -0.2) is 16.8 Å². The molecule has 3 rings (SSSR count). The molecule has 0 N–H and O–H groups in total. The Morgan fingerprint density at radius 3 is 2.00 bits per heavy atom. The van der Waals surface area contributed by atoms with Crippen LogP contribution in [-0.2, 0) is 24.8 Å². The van der Waals surface area contributed by atoms with E-state index in [2.05, 4.69) is 0 Å². The van der Waals surface area contributed by atoms with Crippen molar-refractivity contribution in [3.8, 4) is 5.75 Å². The molecule has 11 heteroatoms. The van der Waals surface area contributed by atoms with Crippen LogP contribution >= 0.6 is 0 Å². The number of ether oxygens (including phenoxy) is 1. The minimum absolute atomic E-state index is 0.210. The summed E-state index contributed by atoms with van der Waals surface area (Å²) in [5.74, 6) is 0.196. The number of amides is 1. The number of benzene rings is 2. The zero-order valence-electron chi connectivity index (χ0n) is 19.1. The lowest BCUT2D eigenvalue weighted by Gasteiger charge is -2.35. The fraction of sp³-hybridized carbons (Fsp3) is 0.409. The number of hydrogen-bond donors (Lipinski definition) is 0. The molecular weight excluding hydrogens is 466 g/mol. The molecule has 0 aromatic heterocycles. The molecular formula is C22H29N3O6S2. The van der Waals surface area contributed by atoms with Crippen LogP contribution in [0.1, 0.15) is 12.5 Å². The molecule has 0 saturated carbocycles. The molecule has 33 heavy (non-hydrogen) atoms. The molecule has 0 unspecified atom stereocenters. The number of carbonyl (C=O) groups excluding carboxylic acids is 1. The third kappa shape index (κ3) is 5.84. The lowest BCUT2D eigenvalue weighted by atomic mass is 10.2. The van der Waals surface area contributed by atoms with Crippen molar-refractivity contribution in [2.24, 2.45) is 0 Å². The zero-order valence-corrected chi connectivity index (χ0v) is 20.8. The van der Waals surface area contributed by atoms with Gasteiger partial charge in [-0.1, -0.05) is 17.7 Å². The Morgan fingerprint density at radius 2 is 1.48 bits per heavy atom. The number of sulfonamides is 2. The van der Waals surface area contributed by atoms with Crippen molar-refractivity contribution in [2.45, 2.75) is 24.8 Å². The fourth-order valence-corrected chi connectivity index (χ4v) is 5.37. The topological polar surface area (TPSA) is 104 Å².